The number of ketones is 1. The van der Waals surface area contributed by atoms with Crippen molar-refractivity contribution in [2.45, 2.75) is 39.0 Å². The molecule has 1 aliphatic rings. The highest BCUT2D eigenvalue weighted by Gasteiger charge is 2.23. The average molecular weight is 423 g/mol. The second-order valence-electron chi connectivity index (χ2n) is 8.12. The Morgan fingerprint density at radius 2 is 2.00 bits per heavy atom. The van der Waals surface area contributed by atoms with Crippen molar-refractivity contribution in [2.24, 2.45) is 0 Å². The number of amides is 2. The van der Waals surface area contributed by atoms with E-state index in [9.17, 15) is 9.59 Å². The molecule has 0 saturated carbocycles. The third-order valence-electron chi connectivity index (χ3n) is 4.65. The van der Waals surface area contributed by atoms with Crippen molar-refractivity contribution in [3.63, 3.8) is 0 Å². The molecule has 2 heterocycles. The molecular weight excluding hydrogens is 400 g/mol. The lowest BCUT2D eigenvalue weighted by molar-refractivity contribution is -0.117. The van der Waals surface area contributed by atoms with Gasteiger partial charge in [-0.25, -0.2) is 9.78 Å². The minimum Gasteiger partial charge on any atom is -0.457 e. The predicted molar refractivity (Wildman–Crippen MR) is 117 cm³/mol. The number of carbonyl (C=O) groups is 2. The van der Waals surface area contributed by atoms with Crippen LogP contribution in [0.15, 0.2) is 41.9 Å². The maximum Gasteiger partial charge on any atom is 0.325 e. The molecule has 3 aromatic rings. The van der Waals surface area contributed by atoms with Crippen LogP contribution in [0.4, 0.5) is 15.6 Å². The second kappa shape index (κ2) is 7.87. The molecular formula is C22H22N4O3S. The number of hydrogen-bond donors (Lipinski definition) is 2. The van der Waals surface area contributed by atoms with Crippen LogP contribution in [-0.2, 0) is 23.1 Å². The third kappa shape index (κ3) is 4.49. The van der Waals surface area contributed by atoms with E-state index >= 15 is 0 Å². The molecule has 0 saturated heterocycles. The summed E-state index contributed by atoms with van der Waals surface area (Å²) in [5.74, 6) is 1.31. The summed E-state index contributed by atoms with van der Waals surface area (Å²) in [6.07, 6.45) is 2.33. The van der Waals surface area contributed by atoms with Gasteiger partial charge >= 0.3 is 6.03 Å². The number of ether oxygens (including phenoxy) is 1. The summed E-state index contributed by atoms with van der Waals surface area (Å²) in [5, 5.41) is 8.05. The van der Waals surface area contributed by atoms with E-state index in [0.717, 1.165) is 17.0 Å². The van der Waals surface area contributed by atoms with E-state index in [1.165, 1.54) is 11.3 Å². The molecule has 1 aromatic carbocycles. The zero-order valence-electron chi connectivity index (χ0n) is 17.0. The van der Waals surface area contributed by atoms with Crippen LogP contribution in [0.25, 0.3) is 0 Å². The van der Waals surface area contributed by atoms with Crippen molar-refractivity contribution in [1.82, 2.24) is 9.97 Å². The van der Waals surface area contributed by atoms with Gasteiger partial charge < -0.3 is 10.1 Å². The van der Waals surface area contributed by atoms with Gasteiger partial charge in [0, 0.05) is 47.2 Å². The quantitative estimate of drug-likeness (QED) is 0.621. The van der Waals surface area contributed by atoms with E-state index in [0.29, 0.717) is 35.2 Å². The molecule has 7 nitrogen and oxygen atoms in total. The van der Waals surface area contributed by atoms with Gasteiger partial charge in [-0.1, -0.05) is 26.8 Å². The second-order valence-corrected chi connectivity index (χ2v) is 8.98. The summed E-state index contributed by atoms with van der Waals surface area (Å²) in [6.45, 7) is 6.22. The molecule has 30 heavy (non-hydrogen) atoms. The number of benzene rings is 1. The number of Topliss-reactive ketones (excluding diaryl/α,β-unsaturated/α-hetero) is 1. The van der Waals surface area contributed by atoms with Gasteiger partial charge in [-0.15, -0.1) is 11.3 Å². The zero-order valence-corrected chi connectivity index (χ0v) is 17.8. The van der Waals surface area contributed by atoms with Crippen LogP contribution in [0.2, 0.25) is 0 Å². The Morgan fingerprint density at radius 3 is 2.77 bits per heavy atom. The topological polar surface area (TPSA) is 93.2 Å². The van der Waals surface area contributed by atoms with E-state index in [4.69, 9.17) is 4.74 Å². The number of hydrogen-bond acceptors (Lipinski definition) is 6. The van der Waals surface area contributed by atoms with Crippen molar-refractivity contribution >= 4 is 34.0 Å². The molecule has 8 heteroatoms. The van der Waals surface area contributed by atoms with Crippen LogP contribution >= 0.6 is 11.3 Å². The lowest BCUT2D eigenvalue weighted by Crippen LogP contribution is -2.19. The largest absolute Gasteiger partial charge is 0.457 e. The smallest absolute Gasteiger partial charge is 0.325 e. The molecule has 0 fully saturated rings. The predicted octanol–water partition coefficient (Wildman–Crippen LogP) is 4.94. The summed E-state index contributed by atoms with van der Waals surface area (Å²) >= 11 is 1.39. The Kier molecular flexibility index (Phi) is 5.26. The Morgan fingerprint density at radius 1 is 1.17 bits per heavy atom. The van der Waals surface area contributed by atoms with Gasteiger partial charge in [0.15, 0.2) is 5.13 Å². The van der Waals surface area contributed by atoms with Crippen LogP contribution in [0.5, 0.6) is 11.5 Å². The van der Waals surface area contributed by atoms with Gasteiger partial charge in [-0.05, 0) is 18.2 Å². The summed E-state index contributed by atoms with van der Waals surface area (Å²) in [7, 11) is 0. The lowest BCUT2D eigenvalue weighted by atomic mass is 9.93. The van der Waals surface area contributed by atoms with E-state index in [-0.39, 0.29) is 17.2 Å². The van der Waals surface area contributed by atoms with E-state index < -0.39 is 0 Å². The maximum absolute atomic E-state index is 12.4. The van der Waals surface area contributed by atoms with Gasteiger partial charge in [-0.3, -0.25) is 15.1 Å². The minimum atomic E-state index is -0.377. The SMILES string of the molecule is CC(C)(C)c1csc(NC(=O)Nc2cccc(Oc3ccnc4c3CC(=O)C4)c2)n1. The molecule has 0 aliphatic heterocycles. The van der Waals surface area contributed by atoms with Gasteiger partial charge in [-0.2, -0.15) is 0 Å². The van der Waals surface area contributed by atoms with Gasteiger partial charge in [0.2, 0.25) is 0 Å². The van der Waals surface area contributed by atoms with Crippen LogP contribution in [0.1, 0.15) is 37.7 Å². The van der Waals surface area contributed by atoms with Gasteiger partial charge in [0.25, 0.3) is 0 Å². The highest BCUT2D eigenvalue weighted by molar-refractivity contribution is 7.14. The average Bonchev–Trinajstić information content (AvgIpc) is 3.28. The Balaban J connectivity index is 1.43. The van der Waals surface area contributed by atoms with Crippen LogP contribution in [-0.4, -0.2) is 21.8 Å². The number of rotatable bonds is 4. The number of carbonyl (C=O) groups excluding carboxylic acids is 2. The fourth-order valence-corrected chi connectivity index (χ4v) is 4.03. The van der Waals surface area contributed by atoms with E-state index in [1.807, 2.05) is 5.38 Å². The fourth-order valence-electron chi connectivity index (χ4n) is 3.10. The number of nitrogens with zero attached hydrogens (tertiary/aromatic N) is 2. The molecule has 0 spiro atoms. The number of anilines is 2. The molecule has 0 bridgehead atoms. The molecule has 154 valence electrons. The van der Waals surface area contributed by atoms with E-state index in [2.05, 4.69) is 41.4 Å². The monoisotopic (exact) mass is 422 g/mol. The van der Waals surface area contributed by atoms with Crippen molar-refractivity contribution in [3.05, 3.63) is 58.9 Å². The van der Waals surface area contributed by atoms with Gasteiger partial charge in [0.1, 0.15) is 17.3 Å². The minimum absolute atomic E-state index is 0.0731. The Labute approximate surface area is 178 Å². The highest BCUT2D eigenvalue weighted by Crippen LogP contribution is 2.32. The number of aromatic nitrogens is 2. The summed E-state index contributed by atoms with van der Waals surface area (Å²) < 4.78 is 5.98. The summed E-state index contributed by atoms with van der Waals surface area (Å²) in [5.41, 5.74) is 3.04. The van der Waals surface area contributed by atoms with Crippen molar-refractivity contribution in [1.29, 1.82) is 0 Å². The first-order valence-corrected chi connectivity index (χ1v) is 10.5. The normalized spacial score (nSPS) is 13.1. The molecule has 0 unspecified atom stereocenters. The van der Waals surface area contributed by atoms with E-state index in [1.54, 1.807) is 36.5 Å². The summed E-state index contributed by atoms with van der Waals surface area (Å²) in [6, 6.07) is 8.46. The molecule has 2 aromatic heterocycles. The number of thiazole rings is 1. The van der Waals surface area contributed by atoms with Crippen molar-refractivity contribution in [3.8, 4) is 11.5 Å². The molecule has 2 N–H and O–H groups in total. The molecule has 1 aliphatic carbocycles. The van der Waals surface area contributed by atoms with Crippen molar-refractivity contribution in [2.75, 3.05) is 10.6 Å². The number of pyridine rings is 1. The molecule has 0 atom stereocenters. The van der Waals surface area contributed by atoms with Gasteiger partial charge in [0.05, 0.1) is 11.4 Å². The number of nitrogens with one attached hydrogen (secondary N) is 2. The lowest BCUT2D eigenvalue weighted by Gasteiger charge is -2.14. The van der Waals surface area contributed by atoms with Crippen LogP contribution in [0, 0.1) is 0 Å². The molecule has 0 radical (unpaired) electrons. The first kappa shape index (κ1) is 20.0. The Bertz CT molecular complexity index is 1120. The standard InChI is InChI=1S/C22H22N4O3S/c1-22(2,3)19-12-30-21(25-19)26-20(28)24-13-5-4-6-15(9-13)29-18-7-8-23-17-11-14(27)10-16(17)18/h4-9,12H,10-11H2,1-3H3,(H2,24,25,26,28). The van der Waals surface area contributed by atoms with Crippen LogP contribution < -0.4 is 15.4 Å². The zero-order chi connectivity index (χ0) is 21.3. The summed E-state index contributed by atoms with van der Waals surface area (Å²) in [4.78, 5) is 32.8. The third-order valence-corrected chi connectivity index (χ3v) is 5.41. The highest BCUT2D eigenvalue weighted by atomic mass is 32.1. The Hall–Kier alpha value is -3.26. The molecule has 2 amide bonds. The first-order valence-electron chi connectivity index (χ1n) is 9.58. The number of urea groups is 1. The fraction of sp³-hybridized carbons (Fsp3) is 0.273. The maximum atomic E-state index is 12.4. The van der Waals surface area contributed by atoms with Crippen molar-refractivity contribution < 1.29 is 14.3 Å². The first-order chi connectivity index (χ1) is 14.3. The number of fused-ring (bicyclic) bond motifs is 1. The van der Waals surface area contributed by atoms with Crippen LogP contribution in [0.3, 0.4) is 0 Å². The molecule has 4 rings (SSSR count).